The number of carbonyl (C=O) groups excluding carboxylic acids is 1. The van der Waals surface area contributed by atoms with E-state index in [1.807, 2.05) is 13.8 Å². The fourth-order valence-corrected chi connectivity index (χ4v) is 2.40. The molecule has 1 saturated carbocycles. The van der Waals surface area contributed by atoms with Gasteiger partial charge < -0.3 is 5.32 Å². The van der Waals surface area contributed by atoms with Gasteiger partial charge in [0.05, 0.1) is 5.92 Å². The zero-order valence-electron chi connectivity index (χ0n) is 11.3. The molecule has 0 radical (unpaired) electrons. The second kappa shape index (κ2) is 6.46. The highest BCUT2D eigenvalue weighted by molar-refractivity contribution is 9.09. The van der Waals surface area contributed by atoms with Gasteiger partial charge in [-0.2, -0.15) is 13.2 Å². The molecule has 0 unspecified atom stereocenters. The minimum atomic E-state index is -4.11. The van der Waals surface area contributed by atoms with Gasteiger partial charge in [-0.1, -0.05) is 29.8 Å². The lowest BCUT2D eigenvalue weighted by atomic mass is 9.81. The molecule has 112 valence electrons. The van der Waals surface area contributed by atoms with Gasteiger partial charge in [0.25, 0.3) is 0 Å². The molecule has 0 spiro atoms. The average molecular weight is 344 g/mol. The molecule has 2 nitrogen and oxygen atoms in total. The molecule has 1 aliphatic carbocycles. The molecule has 1 aliphatic rings. The number of hydrogen-bond donors (Lipinski definition) is 1. The summed E-state index contributed by atoms with van der Waals surface area (Å²) in [6.07, 6.45) is -3.29. The first kappa shape index (κ1) is 16.8. The third-order valence-corrected chi connectivity index (χ3v) is 5.18. The molecule has 0 bridgehead atoms. The van der Waals surface area contributed by atoms with Crippen LogP contribution in [0.25, 0.3) is 0 Å². The Morgan fingerprint density at radius 1 is 1.21 bits per heavy atom. The van der Waals surface area contributed by atoms with Crippen molar-refractivity contribution in [3.63, 3.8) is 0 Å². The summed E-state index contributed by atoms with van der Waals surface area (Å²) in [6, 6.07) is 0. The molecule has 0 saturated heterocycles. The van der Waals surface area contributed by atoms with Crippen molar-refractivity contribution >= 4 is 21.8 Å². The Kier molecular flexibility index (Phi) is 5.71. The van der Waals surface area contributed by atoms with E-state index in [1.54, 1.807) is 0 Å². The molecule has 0 aromatic heterocycles. The lowest BCUT2D eigenvalue weighted by Crippen LogP contribution is -2.40. The van der Waals surface area contributed by atoms with Gasteiger partial charge in [-0.25, -0.2) is 0 Å². The molecule has 0 aromatic rings. The minimum Gasteiger partial charge on any atom is -0.355 e. The summed E-state index contributed by atoms with van der Waals surface area (Å²) in [6.45, 7) is 4.57. The van der Waals surface area contributed by atoms with E-state index >= 15 is 0 Å². The van der Waals surface area contributed by atoms with E-state index < -0.39 is 12.1 Å². The van der Waals surface area contributed by atoms with Crippen LogP contribution in [0.15, 0.2) is 0 Å². The summed E-state index contributed by atoms with van der Waals surface area (Å²) in [5.74, 6) is -1.59. The Morgan fingerprint density at radius 2 is 1.74 bits per heavy atom. The van der Waals surface area contributed by atoms with Gasteiger partial charge in [-0.15, -0.1) is 0 Å². The Hall–Kier alpha value is -0.260. The molecule has 1 N–H and O–H groups in total. The van der Waals surface area contributed by atoms with Gasteiger partial charge in [-0.3, -0.25) is 4.79 Å². The normalized spacial score (nSPS) is 25.2. The number of rotatable bonds is 4. The van der Waals surface area contributed by atoms with Crippen LogP contribution in [0.2, 0.25) is 0 Å². The Labute approximate surface area is 120 Å². The first-order valence-electron chi connectivity index (χ1n) is 6.56. The first-order valence-corrected chi connectivity index (χ1v) is 7.68. The van der Waals surface area contributed by atoms with Crippen LogP contribution in [-0.4, -0.2) is 24.0 Å². The number of nitrogens with one attached hydrogen (secondary N) is 1. The smallest absolute Gasteiger partial charge is 0.355 e. The van der Waals surface area contributed by atoms with Crippen molar-refractivity contribution in [1.29, 1.82) is 0 Å². The summed E-state index contributed by atoms with van der Waals surface area (Å²) in [7, 11) is 0. The van der Waals surface area contributed by atoms with Crippen molar-refractivity contribution in [2.75, 3.05) is 11.9 Å². The molecule has 0 heterocycles. The summed E-state index contributed by atoms with van der Waals surface area (Å²) in [4.78, 5) is 11.9. The molecule has 19 heavy (non-hydrogen) atoms. The van der Waals surface area contributed by atoms with Crippen molar-refractivity contribution in [3.05, 3.63) is 0 Å². The predicted molar refractivity (Wildman–Crippen MR) is 72.1 cm³/mol. The molecule has 1 amide bonds. The third kappa shape index (κ3) is 5.32. The second-order valence-electron chi connectivity index (χ2n) is 6.11. The van der Waals surface area contributed by atoms with Crippen LogP contribution in [0, 0.1) is 17.3 Å². The van der Waals surface area contributed by atoms with Crippen LogP contribution in [0.1, 0.15) is 39.5 Å². The SMILES string of the molecule is CC(C)(CBr)CNC(=O)C1CCC(C(F)(F)F)CC1. The molecular weight excluding hydrogens is 323 g/mol. The van der Waals surface area contributed by atoms with Crippen LogP contribution >= 0.6 is 15.9 Å². The van der Waals surface area contributed by atoms with E-state index in [-0.39, 0.29) is 30.1 Å². The van der Waals surface area contributed by atoms with Gasteiger partial charge in [-0.05, 0) is 31.1 Å². The van der Waals surface area contributed by atoms with Crippen LogP contribution in [0.5, 0.6) is 0 Å². The standard InChI is InChI=1S/C13H21BrF3NO/c1-12(2,7-14)8-18-11(19)9-3-5-10(6-4-9)13(15,16)17/h9-10H,3-8H2,1-2H3,(H,18,19). The maximum Gasteiger partial charge on any atom is 0.391 e. The van der Waals surface area contributed by atoms with E-state index in [2.05, 4.69) is 21.2 Å². The fourth-order valence-electron chi connectivity index (χ4n) is 2.20. The maximum absolute atomic E-state index is 12.5. The Balaban J connectivity index is 2.37. The topological polar surface area (TPSA) is 29.1 Å². The largest absolute Gasteiger partial charge is 0.391 e. The fraction of sp³-hybridized carbons (Fsp3) is 0.923. The van der Waals surface area contributed by atoms with E-state index in [4.69, 9.17) is 0 Å². The van der Waals surface area contributed by atoms with Gasteiger partial charge in [0.1, 0.15) is 0 Å². The summed E-state index contributed by atoms with van der Waals surface area (Å²) >= 11 is 3.37. The minimum absolute atomic E-state index is 0.0428. The summed E-state index contributed by atoms with van der Waals surface area (Å²) in [5, 5.41) is 3.61. The van der Waals surface area contributed by atoms with Crippen molar-refractivity contribution < 1.29 is 18.0 Å². The first-order chi connectivity index (χ1) is 8.65. The molecule has 6 heteroatoms. The predicted octanol–water partition coefficient (Wildman–Crippen LogP) is 3.89. The number of alkyl halides is 4. The molecule has 1 fully saturated rings. The van der Waals surface area contributed by atoms with E-state index in [0.717, 1.165) is 5.33 Å². The van der Waals surface area contributed by atoms with Crippen LogP contribution in [0.3, 0.4) is 0 Å². The van der Waals surface area contributed by atoms with Crippen molar-refractivity contribution in [1.82, 2.24) is 5.32 Å². The van der Waals surface area contributed by atoms with Crippen LogP contribution in [-0.2, 0) is 4.79 Å². The number of amides is 1. The molecule has 0 aromatic carbocycles. The summed E-state index contributed by atoms with van der Waals surface area (Å²) in [5.41, 5.74) is -0.0428. The van der Waals surface area contributed by atoms with Gasteiger partial charge in [0.15, 0.2) is 0 Å². The lowest BCUT2D eigenvalue weighted by molar-refractivity contribution is -0.184. The highest BCUT2D eigenvalue weighted by Crippen LogP contribution is 2.39. The van der Waals surface area contributed by atoms with E-state index in [1.165, 1.54) is 0 Å². The molecule has 1 rings (SSSR count). The average Bonchev–Trinajstić information content (AvgIpc) is 2.35. The van der Waals surface area contributed by atoms with Crippen LogP contribution in [0.4, 0.5) is 13.2 Å². The van der Waals surface area contributed by atoms with E-state index in [0.29, 0.717) is 19.4 Å². The monoisotopic (exact) mass is 343 g/mol. The van der Waals surface area contributed by atoms with Crippen molar-refractivity contribution in [2.24, 2.45) is 17.3 Å². The second-order valence-corrected chi connectivity index (χ2v) is 6.67. The highest BCUT2D eigenvalue weighted by Gasteiger charge is 2.42. The quantitative estimate of drug-likeness (QED) is 0.771. The maximum atomic E-state index is 12.5. The number of hydrogen-bond acceptors (Lipinski definition) is 1. The van der Waals surface area contributed by atoms with Crippen LogP contribution < -0.4 is 5.32 Å². The zero-order valence-corrected chi connectivity index (χ0v) is 12.9. The van der Waals surface area contributed by atoms with Crippen molar-refractivity contribution in [3.8, 4) is 0 Å². The van der Waals surface area contributed by atoms with Gasteiger partial charge in [0, 0.05) is 17.8 Å². The Morgan fingerprint density at radius 3 is 2.16 bits per heavy atom. The third-order valence-electron chi connectivity index (χ3n) is 3.66. The number of carbonyl (C=O) groups is 1. The molecular formula is C13H21BrF3NO. The summed E-state index contributed by atoms with van der Waals surface area (Å²) < 4.78 is 37.5. The number of halogens is 4. The van der Waals surface area contributed by atoms with Gasteiger partial charge >= 0.3 is 6.18 Å². The van der Waals surface area contributed by atoms with Crippen molar-refractivity contribution in [2.45, 2.75) is 45.7 Å². The molecule has 0 atom stereocenters. The Bertz CT molecular complexity index is 310. The lowest BCUT2D eigenvalue weighted by Gasteiger charge is -2.30. The van der Waals surface area contributed by atoms with Gasteiger partial charge in [0.2, 0.25) is 5.91 Å². The highest BCUT2D eigenvalue weighted by atomic mass is 79.9. The van der Waals surface area contributed by atoms with E-state index in [9.17, 15) is 18.0 Å². The zero-order chi connectivity index (χ0) is 14.7. The molecule has 0 aliphatic heterocycles.